The van der Waals surface area contributed by atoms with Gasteiger partial charge < -0.3 is 10.1 Å². The lowest BCUT2D eigenvalue weighted by Gasteiger charge is -2.43. The molecule has 3 rings (SSSR count). The van der Waals surface area contributed by atoms with Gasteiger partial charge in [-0.25, -0.2) is 4.39 Å². The summed E-state index contributed by atoms with van der Waals surface area (Å²) < 4.78 is 19.6. The number of benzene rings is 2. The van der Waals surface area contributed by atoms with Gasteiger partial charge in [-0.2, -0.15) is 0 Å². The minimum absolute atomic E-state index is 0.0158. The van der Waals surface area contributed by atoms with Crippen LogP contribution < -0.4 is 5.32 Å². The summed E-state index contributed by atoms with van der Waals surface area (Å²) in [6.07, 6.45) is 1.32. The highest BCUT2D eigenvalue weighted by molar-refractivity contribution is 6.30. The van der Waals surface area contributed by atoms with E-state index in [2.05, 4.69) is 5.32 Å². The molecule has 3 nitrogen and oxygen atoms in total. The van der Waals surface area contributed by atoms with Gasteiger partial charge in [0, 0.05) is 29.8 Å². The van der Waals surface area contributed by atoms with Gasteiger partial charge in [0.2, 0.25) is 5.91 Å². The molecule has 2 aromatic carbocycles. The highest BCUT2D eigenvalue weighted by Crippen LogP contribution is 2.43. The molecule has 1 N–H and O–H groups in total. The summed E-state index contributed by atoms with van der Waals surface area (Å²) in [6.45, 7) is 3.88. The zero-order chi connectivity index (χ0) is 18.7. The molecule has 138 valence electrons. The maximum Gasteiger partial charge on any atom is 0.220 e. The van der Waals surface area contributed by atoms with Gasteiger partial charge in [0.05, 0.1) is 12.2 Å². The fourth-order valence-electron chi connectivity index (χ4n) is 3.47. The molecule has 0 radical (unpaired) electrons. The Morgan fingerprint density at radius 1 is 1.12 bits per heavy atom. The number of hydrogen-bond acceptors (Lipinski definition) is 2. The smallest absolute Gasteiger partial charge is 0.220 e. The molecule has 1 aliphatic rings. The van der Waals surface area contributed by atoms with Crippen molar-refractivity contribution in [3.8, 4) is 0 Å². The van der Waals surface area contributed by atoms with Crippen molar-refractivity contribution in [2.75, 3.05) is 0 Å². The molecule has 26 heavy (non-hydrogen) atoms. The van der Waals surface area contributed by atoms with Gasteiger partial charge in [-0.15, -0.1) is 0 Å². The Morgan fingerprint density at radius 2 is 1.62 bits per heavy atom. The van der Waals surface area contributed by atoms with Gasteiger partial charge in [0.1, 0.15) is 5.82 Å². The highest BCUT2D eigenvalue weighted by atomic mass is 35.5. The number of halogens is 2. The second-order valence-electron chi connectivity index (χ2n) is 7.09. The minimum Gasteiger partial charge on any atom is -0.365 e. The maximum atomic E-state index is 13.3. The Labute approximate surface area is 158 Å². The SMILES string of the molecule is CCC(=O)N[C@]1(C)C[C@@H](c2ccc(F)cc2)O[C@@H](c2ccc(Cl)cc2)C1. The van der Waals surface area contributed by atoms with E-state index in [1.165, 1.54) is 12.1 Å². The van der Waals surface area contributed by atoms with Crippen molar-refractivity contribution in [2.24, 2.45) is 0 Å². The lowest BCUT2D eigenvalue weighted by molar-refractivity contribution is -0.128. The highest BCUT2D eigenvalue weighted by Gasteiger charge is 2.40. The molecule has 0 aromatic heterocycles. The predicted octanol–water partition coefficient (Wildman–Crippen LogP) is 5.36. The molecule has 1 fully saturated rings. The van der Waals surface area contributed by atoms with Gasteiger partial charge in [0.25, 0.3) is 0 Å². The molecule has 3 atom stereocenters. The van der Waals surface area contributed by atoms with E-state index in [4.69, 9.17) is 16.3 Å². The molecule has 0 spiro atoms. The molecule has 5 heteroatoms. The third kappa shape index (κ3) is 4.43. The van der Waals surface area contributed by atoms with E-state index in [9.17, 15) is 9.18 Å². The molecule has 1 aliphatic heterocycles. The fourth-order valence-corrected chi connectivity index (χ4v) is 3.60. The summed E-state index contributed by atoms with van der Waals surface area (Å²) in [4.78, 5) is 12.0. The molecular formula is C21H23ClFNO2. The Bertz CT molecular complexity index is 707. The number of amides is 1. The molecular weight excluding hydrogens is 353 g/mol. The number of carbonyl (C=O) groups is 1. The third-order valence-corrected chi connectivity index (χ3v) is 5.10. The van der Waals surface area contributed by atoms with Crippen LogP contribution in [0.4, 0.5) is 4.39 Å². The monoisotopic (exact) mass is 375 g/mol. The van der Waals surface area contributed by atoms with Crippen molar-refractivity contribution in [2.45, 2.75) is 50.9 Å². The number of carbonyl (C=O) groups excluding carboxylic acids is 1. The average Bonchev–Trinajstić information content (AvgIpc) is 2.62. The quantitative estimate of drug-likeness (QED) is 0.781. The van der Waals surface area contributed by atoms with E-state index in [0.717, 1.165) is 11.1 Å². The molecule has 0 unspecified atom stereocenters. The second kappa shape index (κ2) is 7.77. The first kappa shape index (κ1) is 18.9. The third-order valence-electron chi connectivity index (χ3n) is 4.85. The first-order valence-electron chi connectivity index (χ1n) is 8.86. The summed E-state index contributed by atoms with van der Waals surface area (Å²) in [5.74, 6) is -0.261. The molecule has 2 aromatic rings. The van der Waals surface area contributed by atoms with Gasteiger partial charge in [-0.05, 0) is 42.3 Å². The summed E-state index contributed by atoms with van der Waals surface area (Å²) in [5, 5.41) is 3.82. The Kier molecular flexibility index (Phi) is 5.64. The van der Waals surface area contributed by atoms with Crippen LogP contribution in [0.15, 0.2) is 48.5 Å². The predicted molar refractivity (Wildman–Crippen MR) is 100 cm³/mol. The van der Waals surface area contributed by atoms with Gasteiger partial charge in [-0.3, -0.25) is 4.79 Å². The summed E-state index contributed by atoms with van der Waals surface area (Å²) in [6, 6.07) is 13.9. The summed E-state index contributed by atoms with van der Waals surface area (Å²) in [5.41, 5.74) is 1.51. The first-order valence-corrected chi connectivity index (χ1v) is 9.24. The van der Waals surface area contributed by atoms with Crippen LogP contribution in [0.5, 0.6) is 0 Å². The molecule has 0 bridgehead atoms. The van der Waals surface area contributed by atoms with Crippen molar-refractivity contribution in [3.05, 3.63) is 70.5 Å². The standard InChI is InChI=1S/C21H23ClFNO2/c1-3-20(25)24-21(2)12-18(14-4-8-16(22)9-5-14)26-19(13-21)15-6-10-17(23)11-7-15/h4-11,18-19H,3,12-13H2,1-2H3,(H,24,25)/t18-,19+,21+/m1/s1. The zero-order valence-corrected chi connectivity index (χ0v) is 15.7. The van der Waals surface area contributed by atoms with Crippen molar-refractivity contribution in [3.63, 3.8) is 0 Å². The summed E-state index contributed by atoms with van der Waals surface area (Å²) >= 11 is 6.00. The van der Waals surface area contributed by atoms with E-state index in [-0.39, 0.29) is 23.9 Å². The van der Waals surface area contributed by atoms with Gasteiger partial charge in [0.15, 0.2) is 0 Å². The second-order valence-corrected chi connectivity index (χ2v) is 7.52. The van der Waals surface area contributed by atoms with Gasteiger partial charge >= 0.3 is 0 Å². The average molecular weight is 376 g/mol. The minimum atomic E-state index is -0.408. The van der Waals surface area contributed by atoms with Crippen LogP contribution in [-0.4, -0.2) is 11.4 Å². The van der Waals surface area contributed by atoms with Crippen molar-refractivity contribution < 1.29 is 13.9 Å². The van der Waals surface area contributed by atoms with E-state index >= 15 is 0 Å². The van der Waals surface area contributed by atoms with E-state index < -0.39 is 5.54 Å². The van der Waals surface area contributed by atoms with Crippen molar-refractivity contribution in [1.29, 1.82) is 0 Å². The van der Waals surface area contributed by atoms with Crippen LogP contribution in [0.2, 0.25) is 5.02 Å². The normalized spacial score (nSPS) is 25.7. The number of rotatable bonds is 4. The van der Waals surface area contributed by atoms with Crippen LogP contribution >= 0.6 is 11.6 Å². The van der Waals surface area contributed by atoms with E-state index in [1.807, 2.05) is 38.1 Å². The molecule has 1 heterocycles. The van der Waals surface area contributed by atoms with E-state index in [1.54, 1.807) is 12.1 Å². The van der Waals surface area contributed by atoms with Crippen LogP contribution in [0.25, 0.3) is 0 Å². The van der Waals surface area contributed by atoms with Gasteiger partial charge in [-0.1, -0.05) is 42.8 Å². The first-order chi connectivity index (χ1) is 12.4. The van der Waals surface area contributed by atoms with Crippen molar-refractivity contribution in [1.82, 2.24) is 5.32 Å². The Hall–Kier alpha value is -1.91. The fraction of sp³-hybridized carbons (Fsp3) is 0.381. The Morgan fingerprint density at radius 3 is 2.12 bits per heavy atom. The van der Waals surface area contributed by atoms with Crippen molar-refractivity contribution >= 4 is 17.5 Å². The zero-order valence-electron chi connectivity index (χ0n) is 15.0. The number of nitrogens with one attached hydrogen (secondary N) is 1. The number of hydrogen-bond donors (Lipinski definition) is 1. The molecule has 1 amide bonds. The maximum absolute atomic E-state index is 13.3. The molecule has 0 aliphatic carbocycles. The molecule has 1 saturated heterocycles. The summed E-state index contributed by atoms with van der Waals surface area (Å²) in [7, 11) is 0. The molecule has 0 saturated carbocycles. The van der Waals surface area contributed by atoms with Crippen LogP contribution in [-0.2, 0) is 9.53 Å². The van der Waals surface area contributed by atoms with Crippen LogP contribution in [0, 0.1) is 5.82 Å². The lowest BCUT2D eigenvalue weighted by Crippen LogP contribution is -2.50. The largest absolute Gasteiger partial charge is 0.365 e. The Balaban J connectivity index is 1.90. The van der Waals surface area contributed by atoms with E-state index in [0.29, 0.717) is 24.3 Å². The topological polar surface area (TPSA) is 38.3 Å². The lowest BCUT2D eigenvalue weighted by atomic mass is 9.81. The van der Waals surface area contributed by atoms with Crippen LogP contribution in [0.1, 0.15) is 56.4 Å². The number of ether oxygens (including phenoxy) is 1. The van der Waals surface area contributed by atoms with Crippen LogP contribution in [0.3, 0.4) is 0 Å².